The molecule has 0 saturated carbocycles. The van der Waals surface area contributed by atoms with Gasteiger partial charge in [-0.3, -0.25) is 9.69 Å². The van der Waals surface area contributed by atoms with E-state index in [0.29, 0.717) is 18.8 Å². The van der Waals surface area contributed by atoms with Gasteiger partial charge in [0.2, 0.25) is 0 Å². The fourth-order valence-electron chi connectivity index (χ4n) is 2.24. The van der Waals surface area contributed by atoms with Gasteiger partial charge >= 0.3 is 12.5 Å². The van der Waals surface area contributed by atoms with E-state index in [4.69, 9.17) is 0 Å². The first kappa shape index (κ1) is 22.1. The average Bonchev–Trinajstić information content (AvgIpc) is 2.69. The molecule has 0 spiro atoms. The molecule has 6 nitrogen and oxygen atoms in total. The van der Waals surface area contributed by atoms with Crippen LogP contribution in [-0.2, 0) is 11.2 Å². The molecule has 0 unspecified atom stereocenters. The number of anilines is 2. The number of hydrogen-bond acceptors (Lipinski definition) is 5. The highest BCUT2D eigenvalue weighted by Crippen LogP contribution is 2.30. The normalized spacial score (nSPS) is 11.7. The van der Waals surface area contributed by atoms with Crippen molar-refractivity contribution < 1.29 is 27.1 Å². The summed E-state index contributed by atoms with van der Waals surface area (Å²) in [6.07, 6.45) is -3.79. The number of nitrogens with zero attached hydrogens (tertiary/aromatic N) is 3. The minimum atomic E-state index is -4.62. The van der Waals surface area contributed by atoms with Crippen LogP contribution in [0.3, 0.4) is 0 Å². The lowest BCUT2D eigenvalue weighted by Gasteiger charge is -2.22. The number of hydrogen-bond donors (Lipinski definition) is 1. The number of benzene rings is 1. The Kier molecular flexibility index (Phi) is 7.52. The molecule has 0 aliphatic carbocycles. The molecule has 29 heavy (non-hydrogen) atoms. The third-order valence-electron chi connectivity index (χ3n) is 3.61. The summed E-state index contributed by atoms with van der Waals surface area (Å²) in [7, 11) is 0. The van der Waals surface area contributed by atoms with Crippen LogP contribution in [0.25, 0.3) is 0 Å². The maximum atomic E-state index is 13.1. The Hall–Kier alpha value is -3.17. The van der Waals surface area contributed by atoms with Crippen molar-refractivity contribution in [2.75, 3.05) is 11.4 Å². The Labute approximate surface area is 165 Å². The summed E-state index contributed by atoms with van der Waals surface area (Å²) >= 11 is 0. The lowest BCUT2D eigenvalue weighted by molar-refractivity contribution is -0.253. The molecule has 0 radical (unpaired) electrons. The molecule has 1 aromatic heterocycles. The number of carbonyl (C=O) groups excluding carboxylic acids is 1. The Morgan fingerprint density at radius 1 is 1.24 bits per heavy atom. The van der Waals surface area contributed by atoms with Gasteiger partial charge in [0.15, 0.2) is 0 Å². The van der Waals surface area contributed by atoms with Gasteiger partial charge in [-0.25, -0.2) is 9.97 Å². The van der Waals surface area contributed by atoms with E-state index < -0.39 is 24.2 Å². The predicted molar refractivity (Wildman–Crippen MR) is 99.4 cm³/mol. The molecule has 1 amide bonds. The number of rotatable bonds is 9. The number of halogens is 4. The lowest BCUT2D eigenvalue weighted by Crippen LogP contribution is -2.33. The van der Waals surface area contributed by atoms with E-state index in [-0.39, 0.29) is 11.5 Å². The number of carbonyl (C=O) groups is 1. The van der Waals surface area contributed by atoms with Crippen LogP contribution in [0.15, 0.2) is 48.8 Å². The number of aryl methyl sites for hydroxylation is 1. The van der Waals surface area contributed by atoms with Gasteiger partial charge in [-0.05, 0) is 37.3 Å². The Morgan fingerprint density at radius 3 is 2.52 bits per heavy atom. The number of amides is 1. The van der Waals surface area contributed by atoms with Crippen molar-refractivity contribution in [1.82, 2.24) is 15.3 Å². The van der Waals surface area contributed by atoms with Gasteiger partial charge in [0.1, 0.15) is 17.4 Å². The second kappa shape index (κ2) is 9.85. The molecule has 0 fully saturated rings. The summed E-state index contributed by atoms with van der Waals surface area (Å²) in [6, 6.07) is 6.25. The standard InChI is InChI=1S/C19H20F4N4O2/c1-3-15-25-12-9-16(26-15)27(17(28)10-11-24-4-2)13-5-7-14(8-6-13)29-19(22,23)18(20)21/h5-12,18,24H,3-4H2,1-2H3. The van der Waals surface area contributed by atoms with E-state index in [1.807, 2.05) is 13.8 Å². The highest BCUT2D eigenvalue weighted by Gasteiger charge is 2.43. The van der Waals surface area contributed by atoms with Crippen LogP contribution < -0.4 is 15.0 Å². The van der Waals surface area contributed by atoms with Crippen molar-refractivity contribution >= 4 is 17.4 Å². The minimum Gasteiger partial charge on any atom is -0.428 e. The van der Waals surface area contributed by atoms with Crippen LogP contribution in [0.1, 0.15) is 19.7 Å². The summed E-state index contributed by atoms with van der Waals surface area (Å²) in [6.45, 7) is 4.33. The zero-order chi connectivity index (χ0) is 21.4. The van der Waals surface area contributed by atoms with Crippen LogP contribution in [-0.4, -0.2) is 35.0 Å². The van der Waals surface area contributed by atoms with Gasteiger partial charge in [0.25, 0.3) is 5.91 Å². The third-order valence-corrected chi connectivity index (χ3v) is 3.61. The second-order valence-electron chi connectivity index (χ2n) is 5.71. The smallest absolute Gasteiger partial charge is 0.428 e. The van der Waals surface area contributed by atoms with Crippen LogP contribution >= 0.6 is 0 Å². The molecule has 0 atom stereocenters. The molecule has 1 heterocycles. The Balaban J connectivity index is 2.36. The molecule has 0 saturated heterocycles. The topological polar surface area (TPSA) is 67.4 Å². The van der Waals surface area contributed by atoms with Gasteiger partial charge in [-0.15, -0.1) is 0 Å². The quantitative estimate of drug-likeness (QED) is 0.497. The molecule has 2 rings (SSSR count). The van der Waals surface area contributed by atoms with Crippen LogP contribution in [0, 0.1) is 0 Å². The van der Waals surface area contributed by atoms with E-state index in [1.54, 1.807) is 0 Å². The number of aromatic nitrogens is 2. The van der Waals surface area contributed by atoms with Gasteiger partial charge in [0, 0.05) is 31.4 Å². The van der Waals surface area contributed by atoms with E-state index in [9.17, 15) is 22.4 Å². The largest absolute Gasteiger partial charge is 0.461 e. The maximum Gasteiger partial charge on any atom is 0.461 e. The number of ether oxygens (including phenoxy) is 1. The monoisotopic (exact) mass is 412 g/mol. The van der Waals surface area contributed by atoms with Gasteiger partial charge in [0.05, 0.1) is 5.69 Å². The highest BCUT2D eigenvalue weighted by molar-refractivity contribution is 6.06. The van der Waals surface area contributed by atoms with Crippen molar-refractivity contribution in [2.45, 2.75) is 32.8 Å². The van der Waals surface area contributed by atoms with E-state index in [0.717, 1.165) is 12.1 Å². The maximum absolute atomic E-state index is 13.1. The molecular weight excluding hydrogens is 392 g/mol. The SMILES string of the molecule is CCNC=CC(=O)N(c1ccc(OC(F)(F)C(F)F)cc1)c1ccnc(CC)n1. The fourth-order valence-corrected chi connectivity index (χ4v) is 2.24. The Morgan fingerprint density at radius 2 is 1.93 bits per heavy atom. The highest BCUT2D eigenvalue weighted by atomic mass is 19.3. The first-order chi connectivity index (χ1) is 13.8. The molecule has 156 valence electrons. The number of alkyl halides is 4. The predicted octanol–water partition coefficient (Wildman–Crippen LogP) is 4.06. The van der Waals surface area contributed by atoms with Gasteiger partial charge < -0.3 is 10.1 Å². The van der Waals surface area contributed by atoms with E-state index >= 15 is 0 Å². The van der Waals surface area contributed by atoms with E-state index in [2.05, 4.69) is 20.0 Å². The average molecular weight is 412 g/mol. The van der Waals surface area contributed by atoms with Crippen LogP contribution in [0.4, 0.5) is 29.1 Å². The molecule has 1 N–H and O–H groups in total. The second-order valence-corrected chi connectivity index (χ2v) is 5.71. The molecule has 2 aromatic rings. The molecule has 1 aromatic carbocycles. The number of nitrogens with one attached hydrogen (secondary N) is 1. The summed E-state index contributed by atoms with van der Waals surface area (Å²) in [5, 5.41) is 2.87. The fraction of sp³-hybridized carbons (Fsp3) is 0.316. The summed E-state index contributed by atoms with van der Waals surface area (Å²) in [5.74, 6) is -0.146. The zero-order valence-corrected chi connectivity index (χ0v) is 15.8. The van der Waals surface area contributed by atoms with E-state index in [1.165, 1.54) is 41.6 Å². The van der Waals surface area contributed by atoms with Crippen molar-refractivity contribution in [3.05, 3.63) is 54.6 Å². The summed E-state index contributed by atoms with van der Waals surface area (Å²) < 4.78 is 54.8. The van der Waals surface area contributed by atoms with Gasteiger partial charge in [-0.2, -0.15) is 17.6 Å². The minimum absolute atomic E-state index is 0.273. The van der Waals surface area contributed by atoms with Crippen molar-refractivity contribution in [2.24, 2.45) is 0 Å². The van der Waals surface area contributed by atoms with Crippen molar-refractivity contribution in [3.8, 4) is 5.75 Å². The van der Waals surface area contributed by atoms with Crippen molar-refractivity contribution in [3.63, 3.8) is 0 Å². The zero-order valence-electron chi connectivity index (χ0n) is 15.8. The lowest BCUT2D eigenvalue weighted by atomic mass is 10.2. The Bertz CT molecular complexity index is 844. The summed E-state index contributed by atoms with van der Waals surface area (Å²) in [5.41, 5.74) is 0.282. The van der Waals surface area contributed by atoms with Crippen LogP contribution in [0.5, 0.6) is 5.75 Å². The van der Waals surface area contributed by atoms with Gasteiger partial charge in [-0.1, -0.05) is 6.92 Å². The van der Waals surface area contributed by atoms with Crippen LogP contribution in [0.2, 0.25) is 0 Å². The molecule has 0 aliphatic heterocycles. The van der Waals surface area contributed by atoms with Crippen molar-refractivity contribution in [1.29, 1.82) is 0 Å². The third kappa shape index (κ3) is 5.90. The molecule has 10 heteroatoms. The molecule has 0 aliphatic rings. The first-order valence-electron chi connectivity index (χ1n) is 8.79. The molecule has 0 bridgehead atoms. The molecular formula is C19H20F4N4O2. The first-order valence-corrected chi connectivity index (χ1v) is 8.79. The summed E-state index contributed by atoms with van der Waals surface area (Å²) in [4.78, 5) is 22.3.